The van der Waals surface area contributed by atoms with Gasteiger partial charge in [-0.1, -0.05) is 17.7 Å². The van der Waals surface area contributed by atoms with E-state index in [0.717, 1.165) is 19.0 Å². The van der Waals surface area contributed by atoms with Gasteiger partial charge in [-0.25, -0.2) is 9.79 Å². The molecule has 0 radical (unpaired) electrons. The highest BCUT2D eigenvalue weighted by molar-refractivity contribution is 6.34. The number of hydrogen-bond acceptors (Lipinski definition) is 2. The van der Waals surface area contributed by atoms with Gasteiger partial charge in [0.2, 0.25) is 0 Å². The Labute approximate surface area is 131 Å². The van der Waals surface area contributed by atoms with E-state index >= 15 is 0 Å². The molecule has 1 aromatic rings. The molecular weight excluding hydrogens is 319 g/mol. The fourth-order valence-electron chi connectivity index (χ4n) is 2.25. The standard InChI is InChI=1S/C14H15ClF3N3O/c1-21-7-3-4-9(8-21)19-13(22)20-11-6-2-5-10(12(11)15)14(16,17)18/h2,5-6H,3-4,7-8H2,1H3,(H,20,22)/b19-9-. The number of likely N-dealkylation sites (tertiary alicyclic amines) is 1. The molecule has 0 bridgehead atoms. The van der Waals surface area contributed by atoms with Crippen LogP contribution in [0.4, 0.5) is 23.7 Å². The van der Waals surface area contributed by atoms with Crippen LogP contribution in [0.15, 0.2) is 23.2 Å². The Kier molecular flexibility index (Phi) is 5.08. The van der Waals surface area contributed by atoms with E-state index in [1.807, 2.05) is 11.9 Å². The Hall–Kier alpha value is -1.60. The lowest BCUT2D eigenvalue weighted by Crippen LogP contribution is -2.33. The van der Waals surface area contributed by atoms with Gasteiger partial charge in [0.1, 0.15) is 0 Å². The van der Waals surface area contributed by atoms with Crippen molar-refractivity contribution in [2.45, 2.75) is 19.0 Å². The van der Waals surface area contributed by atoms with Crippen LogP contribution in [0, 0.1) is 0 Å². The summed E-state index contributed by atoms with van der Waals surface area (Å²) in [5.74, 6) is 0. The lowest BCUT2D eigenvalue weighted by molar-refractivity contribution is -0.137. The summed E-state index contributed by atoms with van der Waals surface area (Å²) < 4.78 is 38.3. The van der Waals surface area contributed by atoms with Crippen molar-refractivity contribution in [2.75, 3.05) is 25.5 Å². The number of carbonyl (C=O) groups excluding carboxylic acids is 1. The molecular formula is C14H15ClF3N3O. The third kappa shape index (κ3) is 4.20. The van der Waals surface area contributed by atoms with Gasteiger partial charge in [0.05, 0.1) is 16.3 Å². The van der Waals surface area contributed by atoms with Crippen LogP contribution in [-0.2, 0) is 6.18 Å². The molecule has 2 amide bonds. The van der Waals surface area contributed by atoms with Gasteiger partial charge >= 0.3 is 12.2 Å². The maximum absolute atomic E-state index is 12.8. The third-order valence-corrected chi connectivity index (χ3v) is 3.67. The molecule has 22 heavy (non-hydrogen) atoms. The zero-order valence-corrected chi connectivity index (χ0v) is 12.6. The van der Waals surface area contributed by atoms with E-state index in [0.29, 0.717) is 18.7 Å². The second-order valence-electron chi connectivity index (χ2n) is 5.11. The monoisotopic (exact) mass is 333 g/mol. The molecule has 1 N–H and O–H groups in total. The lowest BCUT2D eigenvalue weighted by atomic mass is 10.1. The predicted molar refractivity (Wildman–Crippen MR) is 79.6 cm³/mol. The highest BCUT2D eigenvalue weighted by Gasteiger charge is 2.34. The maximum atomic E-state index is 12.8. The van der Waals surface area contributed by atoms with Gasteiger partial charge in [-0.05, 0) is 38.6 Å². The van der Waals surface area contributed by atoms with Crippen LogP contribution in [0.1, 0.15) is 18.4 Å². The molecule has 2 rings (SSSR count). The zero-order chi connectivity index (χ0) is 16.3. The minimum atomic E-state index is -4.57. The number of aliphatic imine (C=N–C) groups is 1. The zero-order valence-electron chi connectivity index (χ0n) is 11.9. The number of urea groups is 1. The summed E-state index contributed by atoms with van der Waals surface area (Å²) in [7, 11) is 1.91. The number of hydrogen-bond donors (Lipinski definition) is 1. The minimum Gasteiger partial charge on any atom is -0.305 e. The quantitative estimate of drug-likeness (QED) is 0.842. The molecule has 4 nitrogen and oxygen atoms in total. The first-order valence-corrected chi connectivity index (χ1v) is 7.07. The van der Waals surface area contributed by atoms with E-state index in [2.05, 4.69) is 10.3 Å². The number of benzene rings is 1. The average molecular weight is 334 g/mol. The van der Waals surface area contributed by atoms with Crippen molar-refractivity contribution < 1.29 is 18.0 Å². The van der Waals surface area contributed by atoms with Crippen molar-refractivity contribution in [1.29, 1.82) is 0 Å². The summed E-state index contributed by atoms with van der Waals surface area (Å²) in [4.78, 5) is 17.8. The van der Waals surface area contributed by atoms with E-state index in [-0.39, 0.29) is 5.69 Å². The van der Waals surface area contributed by atoms with Crippen LogP contribution in [-0.4, -0.2) is 36.8 Å². The number of rotatable bonds is 1. The molecule has 1 aromatic carbocycles. The second kappa shape index (κ2) is 6.66. The summed E-state index contributed by atoms with van der Waals surface area (Å²) in [5.41, 5.74) is -0.388. The fraction of sp³-hybridized carbons (Fsp3) is 0.429. The Balaban J connectivity index is 2.14. The third-order valence-electron chi connectivity index (χ3n) is 3.26. The summed E-state index contributed by atoms with van der Waals surface area (Å²) in [6, 6.07) is 2.64. The average Bonchev–Trinajstić information content (AvgIpc) is 2.39. The van der Waals surface area contributed by atoms with Crippen molar-refractivity contribution in [3.8, 4) is 0 Å². The van der Waals surface area contributed by atoms with Crippen molar-refractivity contribution in [3.05, 3.63) is 28.8 Å². The van der Waals surface area contributed by atoms with Gasteiger partial charge in [0.25, 0.3) is 0 Å². The number of nitrogens with zero attached hydrogens (tertiary/aromatic N) is 2. The first-order valence-electron chi connectivity index (χ1n) is 6.69. The Bertz CT molecular complexity index is 601. The summed E-state index contributed by atoms with van der Waals surface area (Å²) in [5, 5.41) is 1.77. The van der Waals surface area contributed by atoms with Gasteiger partial charge in [-0.2, -0.15) is 13.2 Å². The summed E-state index contributed by atoms with van der Waals surface area (Å²) in [6.07, 6.45) is -2.98. The van der Waals surface area contributed by atoms with Gasteiger partial charge in [-0.3, -0.25) is 0 Å². The number of anilines is 1. The van der Waals surface area contributed by atoms with Crippen molar-refractivity contribution in [1.82, 2.24) is 4.90 Å². The van der Waals surface area contributed by atoms with Crippen LogP contribution < -0.4 is 5.32 Å². The molecule has 0 aromatic heterocycles. The largest absolute Gasteiger partial charge is 0.417 e. The van der Waals surface area contributed by atoms with Gasteiger partial charge in [0.15, 0.2) is 0 Å². The van der Waals surface area contributed by atoms with Crippen LogP contribution in [0.2, 0.25) is 5.02 Å². The highest BCUT2D eigenvalue weighted by atomic mass is 35.5. The first kappa shape index (κ1) is 16.8. The predicted octanol–water partition coefficient (Wildman–Crippen LogP) is 4.06. The fourth-order valence-corrected chi connectivity index (χ4v) is 2.53. The van der Waals surface area contributed by atoms with Gasteiger partial charge in [0, 0.05) is 12.3 Å². The number of piperidine rings is 1. The summed E-state index contributed by atoms with van der Waals surface area (Å²) in [6.45, 7) is 1.50. The van der Waals surface area contributed by atoms with E-state index in [1.165, 1.54) is 12.1 Å². The SMILES string of the molecule is CN1CCC/C(=N/C(=O)Nc2cccc(C(F)(F)F)c2Cl)C1. The van der Waals surface area contributed by atoms with Crippen LogP contribution >= 0.6 is 11.6 Å². The van der Waals surface area contributed by atoms with E-state index in [9.17, 15) is 18.0 Å². The molecule has 1 aliphatic heterocycles. The first-order chi connectivity index (χ1) is 10.3. The number of amides is 2. The highest BCUT2D eigenvalue weighted by Crippen LogP contribution is 2.38. The molecule has 1 saturated heterocycles. The molecule has 1 heterocycles. The summed E-state index contributed by atoms with van der Waals surface area (Å²) >= 11 is 5.71. The van der Waals surface area contributed by atoms with E-state index in [4.69, 9.17) is 11.6 Å². The molecule has 0 aliphatic carbocycles. The van der Waals surface area contributed by atoms with Crippen LogP contribution in [0.25, 0.3) is 0 Å². The molecule has 0 saturated carbocycles. The number of carbonyl (C=O) groups is 1. The Morgan fingerprint density at radius 1 is 1.41 bits per heavy atom. The lowest BCUT2D eigenvalue weighted by Gasteiger charge is -2.23. The molecule has 120 valence electrons. The van der Waals surface area contributed by atoms with E-state index in [1.54, 1.807) is 0 Å². The number of halogens is 4. The number of alkyl halides is 3. The van der Waals surface area contributed by atoms with Crippen molar-refractivity contribution in [2.24, 2.45) is 4.99 Å². The van der Waals surface area contributed by atoms with Gasteiger partial charge < -0.3 is 10.2 Å². The maximum Gasteiger partial charge on any atom is 0.417 e. The molecule has 1 aliphatic rings. The molecule has 0 unspecified atom stereocenters. The molecule has 1 fully saturated rings. The molecule has 0 atom stereocenters. The molecule has 0 spiro atoms. The van der Waals surface area contributed by atoms with Crippen molar-refractivity contribution >= 4 is 29.0 Å². The van der Waals surface area contributed by atoms with E-state index < -0.39 is 22.8 Å². The van der Waals surface area contributed by atoms with Gasteiger partial charge in [-0.15, -0.1) is 0 Å². The van der Waals surface area contributed by atoms with Crippen LogP contribution in [0.5, 0.6) is 0 Å². The van der Waals surface area contributed by atoms with Crippen molar-refractivity contribution in [3.63, 3.8) is 0 Å². The molecule has 8 heteroatoms. The number of nitrogens with one attached hydrogen (secondary N) is 1. The normalized spacial score (nSPS) is 18.5. The minimum absolute atomic E-state index is 0.102. The topological polar surface area (TPSA) is 44.7 Å². The Morgan fingerprint density at radius 2 is 2.14 bits per heavy atom. The smallest absolute Gasteiger partial charge is 0.305 e. The Morgan fingerprint density at radius 3 is 2.77 bits per heavy atom. The van der Waals surface area contributed by atoms with Crippen LogP contribution in [0.3, 0.4) is 0 Å². The second-order valence-corrected chi connectivity index (χ2v) is 5.49.